The van der Waals surface area contributed by atoms with Crippen LogP contribution in [0.15, 0.2) is 18.3 Å². The Morgan fingerprint density at radius 3 is 2.58 bits per heavy atom. The van der Waals surface area contributed by atoms with Gasteiger partial charge >= 0.3 is 0 Å². The molecule has 0 aliphatic rings. The molecule has 0 bridgehead atoms. The lowest BCUT2D eigenvalue weighted by Gasteiger charge is -2.20. The van der Waals surface area contributed by atoms with E-state index < -0.39 is 6.04 Å². The number of aromatic nitrogens is 1. The second-order valence-corrected chi connectivity index (χ2v) is 4.95. The van der Waals surface area contributed by atoms with Crippen LogP contribution in [0.2, 0.25) is 0 Å². The molecule has 0 saturated heterocycles. The average Bonchev–Trinajstić information content (AvgIpc) is 2.32. The van der Waals surface area contributed by atoms with Crippen molar-refractivity contribution in [3.63, 3.8) is 0 Å². The van der Waals surface area contributed by atoms with E-state index in [0.717, 1.165) is 11.3 Å². The van der Waals surface area contributed by atoms with Crippen molar-refractivity contribution in [2.24, 2.45) is 5.92 Å². The molecular weight excluding hydrogens is 242 g/mol. The van der Waals surface area contributed by atoms with E-state index in [4.69, 9.17) is 0 Å². The maximum absolute atomic E-state index is 12.0. The Hall–Kier alpha value is -1.91. The summed E-state index contributed by atoms with van der Waals surface area (Å²) in [5.41, 5.74) is 1.90. The molecule has 1 heterocycles. The van der Waals surface area contributed by atoms with Gasteiger partial charge in [-0.25, -0.2) is 0 Å². The monoisotopic (exact) mass is 263 g/mol. The molecular formula is C14H21N3O2. The van der Waals surface area contributed by atoms with Crippen LogP contribution in [0.1, 0.15) is 32.0 Å². The van der Waals surface area contributed by atoms with E-state index in [2.05, 4.69) is 15.6 Å². The number of rotatable bonds is 5. The maximum Gasteiger partial charge on any atom is 0.243 e. The molecule has 2 N–H and O–H groups in total. The van der Waals surface area contributed by atoms with Gasteiger partial charge < -0.3 is 10.6 Å². The average molecular weight is 263 g/mol. The van der Waals surface area contributed by atoms with E-state index in [-0.39, 0.29) is 17.7 Å². The first kappa shape index (κ1) is 15.1. The topological polar surface area (TPSA) is 71.1 Å². The highest BCUT2D eigenvalue weighted by molar-refractivity contribution is 5.86. The van der Waals surface area contributed by atoms with Crippen LogP contribution in [-0.2, 0) is 16.1 Å². The number of carbonyl (C=O) groups excluding carboxylic acids is 2. The Morgan fingerprint density at radius 2 is 2.05 bits per heavy atom. The minimum Gasteiger partial charge on any atom is -0.350 e. The summed E-state index contributed by atoms with van der Waals surface area (Å²) in [5.74, 6) is -0.323. The molecule has 1 atom stereocenters. The highest BCUT2D eigenvalue weighted by Crippen LogP contribution is 2.04. The molecule has 1 aromatic heterocycles. The molecule has 1 aromatic rings. The summed E-state index contributed by atoms with van der Waals surface area (Å²) in [6.45, 7) is 7.55. The van der Waals surface area contributed by atoms with Gasteiger partial charge in [0.1, 0.15) is 6.04 Å². The molecule has 0 aromatic carbocycles. The Morgan fingerprint density at radius 1 is 1.37 bits per heavy atom. The third-order valence-electron chi connectivity index (χ3n) is 2.74. The van der Waals surface area contributed by atoms with Crippen molar-refractivity contribution in [2.75, 3.05) is 0 Å². The summed E-state index contributed by atoms with van der Waals surface area (Å²) in [4.78, 5) is 27.2. The lowest BCUT2D eigenvalue weighted by Crippen LogP contribution is -2.48. The summed E-state index contributed by atoms with van der Waals surface area (Å²) in [5, 5.41) is 5.49. The number of nitrogens with one attached hydrogen (secondary N) is 2. The van der Waals surface area contributed by atoms with E-state index in [1.807, 2.05) is 32.9 Å². The first-order valence-electron chi connectivity index (χ1n) is 6.36. The Bertz CT molecular complexity index is 458. The zero-order chi connectivity index (χ0) is 14.4. The van der Waals surface area contributed by atoms with E-state index in [1.165, 1.54) is 6.92 Å². The zero-order valence-corrected chi connectivity index (χ0v) is 11.9. The molecule has 0 radical (unpaired) electrons. The molecule has 0 aliphatic carbocycles. The third-order valence-corrected chi connectivity index (χ3v) is 2.74. The molecule has 0 fully saturated rings. The predicted octanol–water partition coefficient (Wildman–Crippen LogP) is 1.17. The van der Waals surface area contributed by atoms with Crippen LogP contribution in [0.5, 0.6) is 0 Å². The minimum atomic E-state index is -0.500. The van der Waals surface area contributed by atoms with Crippen LogP contribution in [0, 0.1) is 12.8 Å². The summed E-state index contributed by atoms with van der Waals surface area (Å²) < 4.78 is 0. The van der Waals surface area contributed by atoms with Crippen LogP contribution in [0.3, 0.4) is 0 Å². The second-order valence-electron chi connectivity index (χ2n) is 4.95. The van der Waals surface area contributed by atoms with Gasteiger partial charge in [0.2, 0.25) is 11.8 Å². The first-order chi connectivity index (χ1) is 8.90. The van der Waals surface area contributed by atoms with Gasteiger partial charge in [-0.05, 0) is 30.5 Å². The minimum absolute atomic E-state index is 0.0445. The number of pyridine rings is 1. The quantitative estimate of drug-likeness (QED) is 0.837. The number of hydrogen-bond donors (Lipinski definition) is 2. The van der Waals surface area contributed by atoms with Gasteiger partial charge in [-0.2, -0.15) is 0 Å². The van der Waals surface area contributed by atoms with E-state index >= 15 is 0 Å². The highest BCUT2D eigenvalue weighted by atomic mass is 16.2. The van der Waals surface area contributed by atoms with Gasteiger partial charge in [-0.15, -0.1) is 0 Å². The molecule has 104 valence electrons. The predicted molar refractivity (Wildman–Crippen MR) is 73.3 cm³/mol. The fraction of sp³-hybridized carbons (Fsp3) is 0.500. The maximum atomic E-state index is 12.0. The molecule has 0 aliphatic heterocycles. The normalized spacial score (nSPS) is 12.1. The molecule has 0 unspecified atom stereocenters. The summed E-state index contributed by atoms with van der Waals surface area (Å²) in [7, 11) is 0. The Kier molecular flexibility index (Phi) is 5.48. The second kappa shape index (κ2) is 6.87. The Labute approximate surface area is 113 Å². The van der Waals surface area contributed by atoms with Gasteiger partial charge in [-0.3, -0.25) is 14.6 Å². The fourth-order valence-corrected chi connectivity index (χ4v) is 1.77. The van der Waals surface area contributed by atoms with E-state index in [1.54, 1.807) is 6.20 Å². The first-order valence-corrected chi connectivity index (χ1v) is 6.36. The summed E-state index contributed by atoms with van der Waals surface area (Å²) in [6, 6.07) is 3.28. The number of hydrogen-bond acceptors (Lipinski definition) is 3. The summed E-state index contributed by atoms with van der Waals surface area (Å²) in [6.07, 6.45) is 1.71. The van der Waals surface area contributed by atoms with Crippen LogP contribution in [0.4, 0.5) is 0 Å². The smallest absolute Gasteiger partial charge is 0.243 e. The van der Waals surface area contributed by atoms with Crippen molar-refractivity contribution in [3.8, 4) is 0 Å². The van der Waals surface area contributed by atoms with Crippen molar-refractivity contribution in [2.45, 2.75) is 40.3 Å². The molecule has 19 heavy (non-hydrogen) atoms. The SMILES string of the molecule is CC(=O)N[C@@H](C(=O)NCc1ccnc(C)c1)C(C)C. The van der Waals surface area contributed by atoms with Crippen molar-refractivity contribution in [1.82, 2.24) is 15.6 Å². The van der Waals surface area contributed by atoms with Crippen LogP contribution in [0.25, 0.3) is 0 Å². The summed E-state index contributed by atoms with van der Waals surface area (Å²) >= 11 is 0. The van der Waals surface area contributed by atoms with E-state index in [0.29, 0.717) is 6.54 Å². The van der Waals surface area contributed by atoms with Gasteiger partial charge in [0.15, 0.2) is 0 Å². The van der Waals surface area contributed by atoms with Crippen LogP contribution < -0.4 is 10.6 Å². The number of carbonyl (C=O) groups is 2. The van der Waals surface area contributed by atoms with Crippen molar-refractivity contribution >= 4 is 11.8 Å². The lowest BCUT2D eigenvalue weighted by molar-refractivity contribution is -0.129. The lowest BCUT2D eigenvalue weighted by atomic mass is 10.0. The van der Waals surface area contributed by atoms with Crippen molar-refractivity contribution in [1.29, 1.82) is 0 Å². The fourth-order valence-electron chi connectivity index (χ4n) is 1.77. The number of aryl methyl sites for hydroxylation is 1. The number of amides is 2. The molecule has 5 nitrogen and oxygen atoms in total. The largest absolute Gasteiger partial charge is 0.350 e. The van der Waals surface area contributed by atoms with Crippen molar-refractivity contribution < 1.29 is 9.59 Å². The Balaban J connectivity index is 2.59. The van der Waals surface area contributed by atoms with Gasteiger partial charge in [0, 0.05) is 25.4 Å². The molecule has 1 rings (SSSR count). The van der Waals surface area contributed by atoms with Gasteiger partial charge in [-0.1, -0.05) is 13.8 Å². The molecule has 0 saturated carbocycles. The van der Waals surface area contributed by atoms with Gasteiger partial charge in [0.05, 0.1) is 0 Å². The standard InChI is InChI=1S/C14H21N3O2/c1-9(2)13(17-11(4)18)14(19)16-8-12-5-6-15-10(3)7-12/h5-7,9,13H,8H2,1-4H3,(H,16,19)(H,17,18)/t13-/m1/s1. The highest BCUT2D eigenvalue weighted by Gasteiger charge is 2.22. The zero-order valence-electron chi connectivity index (χ0n) is 11.9. The van der Waals surface area contributed by atoms with Crippen molar-refractivity contribution in [3.05, 3.63) is 29.6 Å². The molecule has 2 amide bonds. The molecule has 5 heteroatoms. The number of nitrogens with zero attached hydrogens (tertiary/aromatic N) is 1. The van der Waals surface area contributed by atoms with Crippen LogP contribution >= 0.6 is 0 Å². The third kappa shape index (κ3) is 5.07. The molecule has 0 spiro atoms. The van der Waals surface area contributed by atoms with Crippen LogP contribution in [-0.4, -0.2) is 22.8 Å². The van der Waals surface area contributed by atoms with E-state index in [9.17, 15) is 9.59 Å². The van der Waals surface area contributed by atoms with Gasteiger partial charge in [0.25, 0.3) is 0 Å².